The van der Waals surface area contributed by atoms with Crippen LogP contribution in [0.2, 0.25) is 0 Å². The minimum absolute atomic E-state index is 0.0975. The summed E-state index contributed by atoms with van der Waals surface area (Å²) in [4.78, 5) is 16.5. The number of aromatic nitrogens is 3. The van der Waals surface area contributed by atoms with E-state index in [1.807, 2.05) is 18.2 Å². The Kier molecular flexibility index (Phi) is 5.96. The fourth-order valence-corrected chi connectivity index (χ4v) is 3.07. The summed E-state index contributed by atoms with van der Waals surface area (Å²) in [7, 11) is 0. The molecule has 6 nitrogen and oxygen atoms in total. The second-order valence-corrected chi connectivity index (χ2v) is 6.12. The first kappa shape index (κ1) is 16.6. The summed E-state index contributed by atoms with van der Waals surface area (Å²) in [6, 6.07) is 7.39. The highest BCUT2D eigenvalue weighted by Crippen LogP contribution is 2.20. The van der Waals surface area contributed by atoms with Crippen molar-refractivity contribution in [3.8, 4) is 11.4 Å². The highest BCUT2D eigenvalue weighted by Gasteiger charge is 2.15. The van der Waals surface area contributed by atoms with E-state index in [9.17, 15) is 4.79 Å². The number of benzene rings is 1. The Morgan fingerprint density at radius 3 is 2.88 bits per heavy atom. The molecule has 2 N–H and O–H groups in total. The number of hydrogen-bond donors (Lipinski definition) is 2. The third kappa shape index (κ3) is 4.41. The van der Waals surface area contributed by atoms with E-state index in [0.717, 1.165) is 12.0 Å². The number of carbonyl (C=O) groups excluding carboxylic acids is 1. The van der Waals surface area contributed by atoms with Gasteiger partial charge in [0.05, 0.1) is 11.7 Å². The molecule has 0 aliphatic heterocycles. The summed E-state index contributed by atoms with van der Waals surface area (Å²) < 4.78 is 5.88. The summed E-state index contributed by atoms with van der Waals surface area (Å²) >= 11 is 0. The van der Waals surface area contributed by atoms with Crippen molar-refractivity contribution in [2.75, 3.05) is 13.2 Å². The molecule has 1 aliphatic carbocycles. The number of rotatable bonds is 7. The van der Waals surface area contributed by atoms with Crippen LogP contribution in [0.25, 0.3) is 11.4 Å². The standard InChI is InChI=1S/C18H24N4O2/c23-18(19-11-6-12-24-14-7-2-1-3-8-14)16-10-5-4-9-15(16)17-20-13-21-22-17/h4-5,9-10,13-14H,1-3,6-8,11-12H2,(H,19,23)(H,20,21,22). The monoisotopic (exact) mass is 328 g/mol. The van der Waals surface area contributed by atoms with Gasteiger partial charge in [0.15, 0.2) is 5.82 Å². The molecule has 1 amide bonds. The normalized spacial score (nSPS) is 15.3. The van der Waals surface area contributed by atoms with Crippen LogP contribution in [0, 0.1) is 0 Å². The van der Waals surface area contributed by atoms with Crippen LogP contribution in [-0.2, 0) is 4.74 Å². The first-order valence-corrected chi connectivity index (χ1v) is 8.69. The number of nitrogens with one attached hydrogen (secondary N) is 2. The van der Waals surface area contributed by atoms with Crippen molar-refractivity contribution >= 4 is 5.91 Å². The van der Waals surface area contributed by atoms with Crippen molar-refractivity contribution < 1.29 is 9.53 Å². The summed E-state index contributed by atoms with van der Waals surface area (Å²) in [5.74, 6) is 0.501. The Morgan fingerprint density at radius 2 is 2.08 bits per heavy atom. The van der Waals surface area contributed by atoms with Gasteiger partial charge in [-0.3, -0.25) is 9.89 Å². The quantitative estimate of drug-likeness (QED) is 0.766. The maximum absolute atomic E-state index is 12.4. The zero-order valence-corrected chi connectivity index (χ0v) is 13.8. The van der Waals surface area contributed by atoms with Gasteiger partial charge in [-0.2, -0.15) is 5.10 Å². The van der Waals surface area contributed by atoms with Gasteiger partial charge in [-0.1, -0.05) is 37.5 Å². The highest BCUT2D eigenvalue weighted by molar-refractivity contribution is 6.00. The Morgan fingerprint density at radius 1 is 1.25 bits per heavy atom. The summed E-state index contributed by atoms with van der Waals surface area (Å²) in [5.41, 5.74) is 1.36. The van der Waals surface area contributed by atoms with E-state index >= 15 is 0 Å². The minimum Gasteiger partial charge on any atom is -0.378 e. The zero-order chi connectivity index (χ0) is 16.6. The Balaban J connectivity index is 1.45. The summed E-state index contributed by atoms with van der Waals surface area (Å²) in [6.45, 7) is 1.31. The third-order valence-corrected chi connectivity index (χ3v) is 4.35. The zero-order valence-electron chi connectivity index (χ0n) is 13.8. The fourth-order valence-electron chi connectivity index (χ4n) is 3.07. The first-order chi connectivity index (χ1) is 11.8. The number of nitrogens with zero attached hydrogens (tertiary/aromatic N) is 2. The lowest BCUT2D eigenvalue weighted by atomic mass is 9.98. The maximum Gasteiger partial charge on any atom is 0.252 e. The predicted molar refractivity (Wildman–Crippen MR) is 91.6 cm³/mol. The molecule has 1 aromatic heterocycles. The first-order valence-electron chi connectivity index (χ1n) is 8.69. The van der Waals surface area contributed by atoms with Crippen molar-refractivity contribution in [2.24, 2.45) is 0 Å². The smallest absolute Gasteiger partial charge is 0.252 e. The van der Waals surface area contributed by atoms with Crippen LogP contribution >= 0.6 is 0 Å². The molecule has 1 fully saturated rings. The molecule has 128 valence electrons. The summed E-state index contributed by atoms with van der Waals surface area (Å²) in [6.07, 6.45) is 8.93. The van der Waals surface area contributed by atoms with Gasteiger partial charge < -0.3 is 10.1 Å². The molecule has 0 unspecified atom stereocenters. The second kappa shape index (κ2) is 8.59. The van der Waals surface area contributed by atoms with E-state index in [2.05, 4.69) is 20.5 Å². The molecule has 0 radical (unpaired) electrons. The highest BCUT2D eigenvalue weighted by atomic mass is 16.5. The molecule has 0 spiro atoms. The van der Waals surface area contributed by atoms with Gasteiger partial charge in [0.2, 0.25) is 0 Å². The molecular formula is C18H24N4O2. The number of carbonyl (C=O) groups is 1. The lowest BCUT2D eigenvalue weighted by Gasteiger charge is -2.21. The molecule has 0 saturated heterocycles. The number of amides is 1. The van der Waals surface area contributed by atoms with Crippen LogP contribution in [0.1, 0.15) is 48.9 Å². The van der Waals surface area contributed by atoms with Crippen LogP contribution in [0.4, 0.5) is 0 Å². The molecule has 0 bridgehead atoms. The van der Waals surface area contributed by atoms with Crippen molar-refractivity contribution in [3.63, 3.8) is 0 Å². The van der Waals surface area contributed by atoms with Gasteiger partial charge in [0.25, 0.3) is 5.91 Å². The molecule has 3 rings (SSSR count). The van der Waals surface area contributed by atoms with Gasteiger partial charge in [-0.25, -0.2) is 4.98 Å². The van der Waals surface area contributed by atoms with Gasteiger partial charge >= 0.3 is 0 Å². The molecule has 1 aromatic carbocycles. The number of aromatic amines is 1. The van der Waals surface area contributed by atoms with Gasteiger partial charge in [-0.15, -0.1) is 0 Å². The van der Waals surface area contributed by atoms with E-state index in [0.29, 0.717) is 30.6 Å². The topological polar surface area (TPSA) is 79.9 Å². The lowest BCUT2D eigenvalue weighted by Crippen LogP contribution is -2.26. The minimum atomic E-state index is -0.0975. The van der Waals surface area contributed by atoms with Gasteiger partial charge in [0, 0.05) is 18.7 Å². The van der Waals surface area contributed by atoms with E-state index in [4.69, 9.17) is 4.74 Å². The van der Waals surface area contributed by atoms with Crippen LogP contribution < -0.4 is 5.32 Å². The van der Waals surface area contributed by atoms with E-state index in [1.165, 1.54) is 38.4 Å². The van der Waals surface area contributed by atoms with Crippen molar-refractivity contribution in [3.05, 3.63) is 36.2 Å². The third-order valence-electron chi connectivity index (χ3n) is 4.35. The maximum atomic E-state index is 12.4. The van der Waals surface area contributed by atoms with Crippen LogP contribution in [0.5, 0.6) is 0 Å². The summed E-state index contributed by atoms with van der Waals surface area (Å²) in [5, 5.41) is 9.60. The predicted octanol–water partition coefficient (Wildman–Crippen LogP) is 2.94. The molecule has 1 aliphatic rings. The van der Waals surface area contributed by atoms with Crippen molar-refractivity contribution in [1.29, 1.82) is 0 Å². The van der Waals surface area contributed by atoms with E-state index in [-0.39, 0.29) is 5.91 Å². The van der Waals surface area contributed by atoms with E-state index < -0.39 is 0 Å². The second-order valence-electron chi connectivity index (χ2n) is 6.12. The molecule has 6 heteroatoms. The average Bonchev–Trinajstić information content (AvgIpc) is 3.17. The molecule has 1 saturated carbocycles. The fraction of sp³-hybridized carbons (Fsp3) is 0.500. The van der Waals surface area contributed by atoms with Gasteiger partial charge in [-0.05, 0) is 25.3 Å². The van der Waals surface area contributed by atoms with Crippen LogP contribution in [0.3, 0.4) is 0 Å². The molecule has 2 aromatic rings. The number of H-pyrrole nitrogens is 1. The van der Waals surface area contributed by atoms with E-state index in [1.54, 1.807) is 6.07 Å². The van der Waals surface area contributed by atoms with Crippen LogP contribution in [0.15, 0.2) is 30.6 Å². The van der Waals surface area contributed by atoms with Crippen molar-refractivity contribution in [1.82, 2.24) is 20.5 Å². The molecule has 24 heavy (non-hydrogen) atoms. The Bertz CT molecular complexity index is 636. The Labute approximate surface area is 142 Å². The number of hydrogen-bond acceptors (Lipinski definition) is 4. The van der Waals surface area contributed by atoms with Crippen LogP contribution in [-0.4, -0.2) is 40.3 Å². The molecular weight excluding hydrogens is 304 g/mol. The average molecular weight is 328 g/mol. The Hall–Kier alpha value is -2.21. The number of ether oxygens (including phenoxy) is 1. The van der Waals surface area contributed by atoms with Crippen molar-refractivity contribution in [2.45, 2.75) is 44.6 Å². The van der Waals surface area contributed by atoms with Gasteiger partial charge in [0.1, 0.15) is 6.33 Å². The SMILES string of the molecule is O=C(NCCCOC1CCCCC1)c1ccccc1-c1ncn[nH]1. The molecule has 1 heterocycles. The lowest BCUT2D eigenvalue weighted by molar-refractivity contribution is 0.0273. The largest absolute Gasteiger partial charge is 0.378 e. The molecule has 0 atom stereocenters.